The predicted octanol–water partition coefficient (Wildman–Crippen LogP) is 0.641. The monoisotopic (exact) mass is 330 g/mol. The SMILES string of the molecule is CC(=NO)C(C)(C)NCCN(CN)CCNC(C)(C)C(C)=NO. The fourth-order valence-electron chi connectivity index (χ4n) is 1.85. The minimum Gasteiger partial charge on any atom is -0.411 e. The number of oxime groups is 2. The van der Waals surface area contributed by atoms with E-state index in [0.29, 0.717) is 18.1 Å². The van der Waals surface area contributed by atoms with Gasteiger partial charge in [-0.2, -0.15) is 0 Å². The summed E-state index contributed by atoms with van der Waals surface area (Å²) >= 11 is 0. The topological polar surface area (TPSA) is 119 Å². The molecule has 0 saturated heterocycles. The van der Waals surface area contributed by atoms with Gasteiger partial charge in [-0.05, 0) is 41.5 Å². The molecular weight excluding hydrogens is 296 g/mol. The molecule has 136 valence electrons. The van der Waals surface area contributed by atoms with Crippen molar-refractivity contribution >= 4 is 11.4 Å². The summed E-state index contributed by atoms with van der Waals surface area (Å²) in [5.74, 6) is 0. The maximum atomic E-state index is 8.86. The number of nitrogens with two attached hydrogens (primary N) is 1. The maximum Gasteiger partial charge on any atom is 0.0734 e. The van der Waals surface area contributed by atoms with E-state index in [1.54, 1.807) is 13.8 Å². The number of nitrogens with zero attached hydrogens (tertiary/aromatic N) is 3. The molecule has 0 aromatic rings. The van der Waals surface area contributed by atoms with Gasteiger partial charge in [-0.25, -0.2) is 0 Å². The Morgan fingerprint density at radius 1 is 0.913 bits per heavy atom. The molecule has 0 aliphatic carbocycles. The quantitative estimate of drug-likeness (QED) is 0.164. The van der Waals surface area contributed by atoms with Gasteiger partial charge in [-0.15, -0.1) is 0 Å². The molecule has 0 unspecified atom stereocenters. The molecule has 6 N–H and O–H groups in total. The van der Waals surface area contributed by atoms with Gasteiger partial charge in [-0.3, -0.25) is 4.90 Å². The standard InChI is InChI=1S/C15H34N6O2/c1-12(19-22)14(3,4)17-7-9-21(11-16)10-8-18-15(5,6)13(2)20-23/h17-18,22-23H,7-11,16H2,1-6H3. The van der Waals surface area contributed by atoms with E-state index in [0.717, 1.165) is 26.2 Å². The third kappa shape index (κ3) is 7.74. The Bertz CT molecular complexity index is 371. The van der Waals surface area contributed by atoms with Crippen LogP contribution in [-0.2, 0) is 0 Å². The first-order chi connectivity index (χ1) is 10.6. The third-order valence-corrected chi connectivity index (χ3v) is 4.36. The summed E-state index contributed by atoms with van der Waals surface area (Å²) in [5, 5.41) is 30.9. The summed E-state index contributed by atoms with van der Waals surface area (Å²) in [4.78, 5) is 2.11. The molecule has 0 amide bonds. The molecule has 0 rings (SSSR count). The highest BCUT2D eigenvalue weighted by atomic mass is 16.4. The summed E-state index contributed by atoms with van der Waals surface area (Å²) < 4.78 is 0. The Morgan fingerprint density at radius 2 is 1.26 bits per heavy atom. The lowest BCUT2D eigenvalue weighted by Gasteiger charge is -2.29. The molecule has 0 heterocycles. The van der Waals surface area contributed by atoms with Gasteiger partial charge in [0.05, 0.1) is 22.5 Å². The number of hydrogen-bond acceptors (Lipinski definition) is 8. The Kier molecular flexibility index (Phi) is 9.29. The molecule has 0 fully saturated rings. The zero-order valence-corrected chi connectivity index (χ0v) is 15.3. The number of hydrogen-bond donors (Lipinski definition) is 5. The van der Waals surface area contributed by atoms with E-state index in [1.807, 2.05) is 27.7 Å². The van der Waals surface area contributed by atoms with E-state index in [4.69, 9.17) is 16.1 Å². The Hall–Kier alpha value is -1.22. The lowest BCUT2D eigenvalue weighted by molar-refractivity contribution is 0.263. The van der Waals surface area contributed by atoms with Crippen LogP contribution in [0, 0.1) is 0 Å². The zero-order valence-electron chi connectivity index (χ0n) is 15.3. The highest BCUT2D eigenvalue weighted by molar-refractivity contribution is 5.90. The van der Waals surface area contributed by atoms with Crippen molar-refractivity contribution < 1.29 is 10.4 Å². The Morgan fingerprint density at radius 3 is 1.52 bits per heavy atom. The largest absolute Gasteiger partial charge is 0.411 e. The first-order valence-corrected chi connectivity index (χ1v) is 7.91. The van der Waals surface area contributed by atoms with Gasteiger partial charge < -0.3 is 26.8 Å². The van der Waals surface area contributed by atoms with E-state index in [9.17, 15) is 0 Å². The minimum atomic E-state index is -0.357. The van der Waals surface area contributed by atoms with Gasteiger partial charge in [0.15, 0.2) is 0 Å². The second-order valence-electron chi connectivity index (χ2n) is 6.77. The van der Waals surface area contributed by atoms with E-state index in [1.165, 1.54) is 0 Å². The molecule has 0 aromatic heterocycles. The normalized spacial score (nSPS) is 14.6. The average Bonchev–Trinajstić information content (AvgIpc) is 2.51. The van der Waals surface area contributed by atoms with E-state index in [-0.39, 0.29) is 11.1 Å². The van der Waals surface area contributed by atoms with Crippen molar-refractivity contribution in [2.24, 2.45) is 16.0 Å². The summed E-state index contributed by atoms with van der Waals surface area (Å²) in [7, 11) is 0. The second kappa shape index (κ2) is 9.82. The third-order valence-electron chi connectivity index (χ3n) is 4.36. The van der Waals surface area contributed by atoms with Crippen molar-refractivity contribution in [2.45, 2.75) is 52.6 Å². The summed E-state index contributed by atoms with van der Waals surface area (Å²) in [6.45, 7) is 14.9. The molecule has 0 bridgehead atoms. The first kappa shape index (κ1) is 21.8. The molecule has 0 aliphatic rings. The first-order valence-electron chi connectivity index (χ1n) is 7.91. The average molecular weight is 330 g/mol. The molecule has 23 heavy (non-hydrogen) atoms. The van der Waals surface area contributed by atoms with E-state index < -0.39 is 0 Å². The molecule has 0 aromatic carbocycles. The van der Waals surface area contributed by atoms with Crippen LogP contribution >= 0.6 is 0 Å². The lowest BCUT2D eigenvalue weighted by atomic mass is 10.00. The van der Waals surface area contributed by atoms with Crippen molar-refractivity contribution in [3.8, 4) is 0 Å². The molecule has 0 radical (unpaired) electrons. The van der Waals surface area contributed by atoms with Gasteiger partial charge in [0.2, 0.25) is 0 Å². The molecule has 0 atom stereocenters. The fourth-order valence-corrected chi connectivity index (χ4v) is 1.85. The van der Waals surface area contributed by atoms with Crippen LogP contribution in [0.3, 0.4) is 0 Å². The molecule has 8 heteroatoms. The Balaban J connectivity index is 4.24. The van der Waals surface area contributed by atoms with Gasteiger partial charge in [0.25, 0.3) is 0 Å². The van der Waals surface area contributed by atoms with Crippen molar-refractivity contribution in [3.63, 3.8) is 0 Å². The van der Waals surface area contributed by atoms with Crippen molar-refractivity contribution in [3.05, 3.63) is 0 Å². The van der Waals surface area contributed by atoms with Crippen LogP contribution in [0.25, 0.3) is 0 Å². The molecular formula is C15H34N6O2. The zero-order chi connectivity index (χ0) is 18.1. The van der Waals surface area contributed by atoms with Crippen LogP contribution in [0.4, 0.5) is 0 Å². The van der Waals surface area contributed by atoms with Gasteiger partial charge in [-0.1, -0.05) is 10.3 Å². The van der Waals surface area contributed by atoms with Crippen LogP contribution in [0.15, 0.2) is 10.3 Å². The van der Waals surface area contributed by atoms with Gasteiger partial charge in [0, 0.05) is 32.8 Å². The number of nitrogens with one attached hydrogen (secondary N) is 2. The summed E-state index contributed by atoms with van der Waals surface area (Å²) in [6, 6.07) is 0. The molecule has 0 saturated carbocycles. The highest BCUT2D eigenvalue weighted by Crippen LogP contribution is 2.05. The summed E-state index contributed by atoms with van der Waals surface area (Å²) in [5.41, 5.74) is 6.35. The van der Waals surface area contributed by atoms with E-state index >= 15 is 0 Å². The van der Waals surface area contributed by atoms with Gasteiger partial charge in [0.1, 0.15) is 0 Å². The van der Waals surface area contributed by atoms with Crippen molar-refractivity contribution in [1.29, 1.82) is 0 Å². The predicted molar refractivity (Wildman–Crippen MR) is 94.6 cm³/mol. The van der Waals surface area contributed by atoms with Crippen molar-refractivity contribution in [1.82, 2.24) is 15.5 Å². The fraction of sp³-hybridized carbons (Fsp3) is 0.867. The van der Waals surface area contributed by atoms with Gasteiger partial charge >= 0.3 is 0 Å². The van der Waals surface area contributed by atoms with Crippen LogP contribution in [0.1, 0.15) is 41.5 Å². The van der Waals surface area contributed by atoms with E-state index in [2.05, 4.69) is 25.8 Å². The minimum absolute atomic E-state index is 0.357. The van der Waals surface area contributed by atoms with Crippen LogP contribution in [0.2, 0.25) is 0 Å². The second-order valence-corrected chi connectivity index (χ2v) is 6.77. The van der Waals surface area contributed by atoms with Crippen LogP contribution < -0.4 is 16.4 Å². The molecule has 0 spiro atoms. The van der Waals surface area contributed by atoms with Crippen LogP contribution in [0.5, 0.6) is 0 Å². The highest BCUT2D eigenvalue weighted by Gasteiger charge is 2.22. The van der Waals surface area contributed by atoms with Crippen LogP contribution in [-0.4, -0.2) is 70.7 Å². The molecule has 0 aliphatic heterocycles. The maximum absolute atomic E-state index is 8.86. The smallest absolute Gasteiger partial charge is 0.0734 e. The lowest BCUT2D eigenvalue weighted by Crippen LogP contribution is -2.51. The Labute approximate surface area is 139 Å². The number of rotatable bonds is 11. The summed E-state index contributed by atoms with van der Waals surface area (Å²) in [6.07, 6.45) is 0. The molecule has 8 nitrogen and oxygen atoms in total. The van der Waals surface area contributed by atoms with Crippen molar-refractivity contribution in [2.75, 3.05) is 32.8 Å².